The molecule has 0 fully saturated rings. The second kappa shape index (κ2) is 3.46. The van der Waals surface area contributed by atoms with Crippen LogP contribution in [-0.4, -0.2) is 4.98 Å². The minimum atomic E-state index is 0.721. The standard InChI is InChI=1S/C13H11NOS/c1-8-3-5-10-11(7-8)15-13(14-10)12-6-4-9(2)16-12/h3-7H,1-2H3. The molecule has 16 heavy (non-hydrogen) atoms. The summed E-state index contributed by atoms with van der Waals surface area (Å²) < 4.78 is 5.75. The van der Waals surface area contributed by atoms with Crippen molar-refractivity contribution in [3.8, 4) is 10.8 Å². The van der Waals surface area contributed by atoms with E-state index < -0.39 is 0 Å². The van der Waals surface area contributed by atoms with E-state index in [0.717, 1.165) is 21.9 Å². The number of benzene rings is 1. The van der Waals surface area contributed by atoms with E-state index in [9.17, 15) is 0 Å². The van der Waals surface area contributed by atoms with Crippen LogP contribution < -0.4 is 0 Å². The molecule has 2 heterocycles. The number of fused-ring (bicyclic) bond motifs is 1. The van der Waals surface area contributed by atoms with Crippen LogP contribution in [0, 0.1) is 13.8 Å². The first-order chi connectivity index (χ1) is 7.72. The van der Waals surface area contributed by atoms with E-state index in [4.69, 9.17) is 4.42 Å². The maximum Gasteiger partial charge on any atom is 0.237 e. The van der Waals surface area contributed by atoms with Crippen LogP contribution in [-0.2, 0) is 0 Å². The number of rotatable bonds is 1. The van der Waals surface area contributed by atoms with Gasteiger partial charge in [0.1, 0.15) is 5.52 Å². The van der Waals surface area contributed by atoms with Gasteiger partial charge in [-0.2, -0.15) is 0 Å². The molecule has 0 saturated carbocycles. The molecule has 3 heteroatoms. The highest BCUT2D eigenvalue weighted by Gasteiger charge is 2.09. The molecule has 2 aromatic heterocycles. The van der Waals surface area contributed by atoms with E-state index in [1.54, 1.807) is 11.3 Å². The van der Waals surface area contributed by atoms with E-state index in [0.29, 0.717) is 0 Å². The fraction of sp³-hybridized carbons (Fsp3) is 0.154. The molecule has 0 aliphatic heterocycles. The van der Waals surface area contributed by atoms with Crippen LogP contribution in [0.4, 0.5) is 0 Å². The molecule has 0 aliphatic carbocycles. The maximum absolute atomic E-state index is 5.75. The number of aromatic nitrogens is 1. The molecule has 1 aromatic carbocycles. The van der Waals surface area contributed by atoms with Crippen LogP contribution in [0.25, 0.3) is 21.9 Å². The molecule has 2 nitrogen and oxygen atoms in total. The Morgan fingerprint density at radius 2 is 2.00 bits per heavy atom. The van der Waals surface area contributed by atoms with Crippen molar-refractivity contribution in [3.05, 3.63) is 40.8 Å². The Labute approximate surface area is 97.6 Å². The van der Waals surface area contributed by atoms with Gasteiger partial charge in [-0.25, -0.2) is 4.98 Å². The molecule has 0 aliphatic rings. The minimum absolute atomic E-state index is 0.721. The Morgan fingerprint density at radius 1 is 1.12 bits per heavy atom. The number of hydrogen-bond donors (Lipinski definition) is 0. The first kappa shape index (κ1) is 9.60. The average Bonchev–Trinajstić information content (AvgIpc) is 2.83. The summed E-state index contributed by atoms with van der Waals surface area (Å²) in [5, 5.41) is 0. The van der Waals surface area contributed by atoms with E-state index in [-0.39, 0.29) is 0 Å². The zero-order valence-electron chi connectivity index (χ0n) is 9.15. The van der Waals surface area contributed by atoms with Crippen molar-refractivity contribution < 1.29 is 4.42 Å². The van der Waals surface area contributed by atoms with Gasteiger partial charge < -0.3 is 4.42 Å². The summed E-state index contributed by atoms with van der Waals surface area (Å²) in [4.78, 5) is 6.84. The molecule has 0 N–H and O–H groups in total. The molecule has 0 amide bonds. The summed E-state index contributed by atoms with van der Waals surface area (Å²) in [6, 6.07) is 10.2. The Morgan fingerprint density at radius 3 is 2.75 bits per heavy atom. The van der Waals surface area contributed by atoms with E-state index >= 15 is 0 Å². The summed E-state index contributed by atoms with van der Waals surface area (Å²) in [7, 11) is 0. The monoisotopic (exact) mass is 229 g/mol. The Bertz CT molecular complexity index is 651. The zero-order chi connectivity index (χ0) is 11.1. The third-order valence-corrected chi connectivity index (χ3v) is 3.48. The molecule has 0 unspecified atom stereocenters. The Hall–Kier alpha value is -1.61. The van der Waals surface area contributed by atoms with Crippen molar-refractivity contribution in [2.45, 2.75) is 13.8 Å². The molecule has 3 rings (SSSR count). The Kier molecular flexibility index (Phi) is 2.07. The van der Waals surface area contributed by atoms with Crippen molar-refractivity contribution in [2.24, 2.45) is 0 Å². The summed E-state index contributed by atoms with van der Waals surface area (Å²) in [6.45, 7) is 4.14. The van der Waals surface area contributed by atoms with Gasteiger partial charge in [-0.05, 0) is 43.7 Å². The summed E-state index contributed by atoms with van der Waals surface area (Å²) in [6.07, 6.45) is 0. The van der Waals surface area contributed by atoms with Gasteiger partial charge in [-0.1, -0.05) is 6.07 Å². The van der Waals surface area contributed by atoms with Crippen LogP contribution in [0.1, 0.15) is 10.4 Å². The summed E-state index contributed by atoms with van der Waals surface area (Å²) in [5.41, 5.74) is 2.98. The summed E-state index contributed by atoms with van der Waals surface area (Å²) >= 11 is 1.70. The molecule has 0 spiro atoms. The van der Waals surface area contributed by atoms with Gasteiger partial charge in [0.2, 0.25) is 5.89 Å². The molecule has 0 radical (unpaired) electrons. The van der Waals surface area contributed by atoms with Gasteiger partial charge >= 0.3 is 0 Å². The van der Waals surface area contributed by atoms with E-state index in [1.165, 1.54) is 10.4 Å². The lowest BCUT2D eigenvalue weighted by Crippen LogP contribution is -1.71. The third kappa shape index (κ3) is 1.53. The fourth-order valence-corrected chi connectivity index (χ4v) is 2.48. The molecule has 0 bridgehead atoms. The second-order valence-corrected chi connectivity index (χ2v) is 5.19. The topological polar surface area (TPSA) is 26.0 Å². The highest BCUT2D eigenvalue weighted by Crippen LogP contribution is 2.29. The van der Waals surface area contributed by atoms with Gasteiger partial charge in [-0.3, -0.25) is 0 Å². The van der Waals surface area contributed by atoms with Gasteiger partial charge in [-0.15, -0.1) is 11.3 Å². The van der Waals surface area contributed by atoms with Crippen LogP contribution >= 0.6 is 11.3 Å². The SMILES string of the molecule is Cc1ccc2nc(-c3ccc(C)s3)oc2c1. The quantitative estimate of drug-likeness (QED) is 0.625. The number of hydrogen-bond acceptors (Lipinski definition) is 3. The van der Waals surface area contributed by atoms with Crippen molar-refractivity contribution in [3.63, 3.8) is 0 Å². The van der Waals surface area contributed by atoms with Crippen molar-refractivity contribution in [2.75, 3.05) is 0 Å². The van der Waals surface area contributed by atoms with Crippen molar-refractivity contribution in [1.82, 2.24) is 4.98 Å². The first-order valence-corrected chi connectivity index (χ1v) is 5.98. The lowest BCUT2D eigenvalue weighted by Gasteiger charge is -1.88. The maximum atomic E-state index is 5.75. The first-order valence-electron chi connectivity index (χ1n) is 5.16. The van der Waals surface area contributed by atoms with Gasteiger partial charge in [0.15, 0.2) is 5.58 Å². The van der Waals surface area contributed by atoms with Gasteiger partial charge in [0.25, 0.3) is 0 Å². The zero-order valence-corrected chi connectivity index (χ0v) is 9.97. The lowest BCUT2D eigenvalue weighted by molar-refractivity contribution is 0.621. The van der Waals surface area contributed by atoms with Crippen LogP contribution in [0.15, 0.2) is 34.7 Å². The van der Waals surface area contributed by atoms with E-state index in [1.807, 2.05) is 18.2 Å². The number of nitrogens with zero attached hydrogens (tertiary/aromatic N) is 1. The van der Waals surface area contributed by atoms with E-state index in [2.05, 4.69) is 31.0 Å². The molecule has 80 valence electrons. The largest absolute Gasteiger partial charge is 0.435 e. The minimum Gasteiger partial charge on any atom is -0.435 e. The third-order valence-electron chi connectivity index (χ3n) is 2.50. The average molecular weight is 229 g/mol. The normalized spacial score (nSPS) is 11.1. The smallest absolute Gasteiger partial charge is 0.237 e. The lowest BCUT2D eigenvalue weighted by atomic mass is 10.2. The van der Waals surface area contributed by atoms with Crippen LogP contribution in [0.5, 0.6) is 0 Å². The predicted molar refractivity (Wildman–Crippen MR) is 66.8 cm³/mol. The number of oxazole rings is 1. The number of thiophene rings is 1. The van der Waals surface area contributed by atoms with Crippen molar-refractivity contribution in [1.29, 1.82) is 0 Å². The van der Waals surface area contributed by atoms with Gasteiger partial charge in [0.05, 0.1) is 4.88 Å². The van der Waals surface area contributed by atoms with Crippen LogP contribution in [0.3, 0.4) is 0 Å². The highest BCUT2D eigenvalue weighted by atomic mass is 32.1. The highest BCUT2D eigenvalue weighted by molar-refractivity contribution is 7.15. The van der Waals surface area contributed by atoms with Crippen LogP contribution in [0.2, 0.25) is 0 Å². The molecule has 0 atom stereocenters. The fourth-order valence-electron chi connectivity index (χ4n) is 1.69. The molecule has 0 saturated heterocycles. The summed E-state index contributed by atoms with van der Waals surface area (Å²) in [5.74, 6) is 0.721. The van der Waals surface area contributed by atoms with Gasteiger partial charge in [0, 0.05) is 4.88 Å². The predicted octanol–water partition coefficient (Wildman–Crippen LogP) is 4.17. The second-order valence-electron chi connectivity index (χ2n) is 3.90. The molecular formula is C13H11NOS. The Balaban J connectivity index is 2.18. The molecular weight excluding hydrogens is 218 g/mol. The molecule has 3 aromatic rings. The van der Waals surface area contributed by atoms with Crippen molar-refractivity contribution >= 4 is 22.4 Å². The number of aryl methyl sites for hydroxylation is 2.